The molecule has 168 valence electrons. The largest absolute Gasteiger partial charge is 0.444 e. The molecule has 0 fully saturated rings. The van der Waals surface area contributed by atoms with Crippen molar-refractivity contribution < 1.29 is 19.1 Å². The number of ether oxygens (including phenoxy) is 2. The lowest BCUT2D eigenvalue weighted by molar-refractivity contribution is 0.0526. The number of hydrogen-bond donors (Lipinski definition) is 3. The van der Waals surface area contributed by atoms with Crippen molar-refractivity contribution in [1.29, 1.82) is 0 Å². The Hall–Kier alpha value is -2.48. The number of hydrogen-bond acceptors (Lipinski definition) is 4. The maximum atomic E-state index is 12.0. The summed E-state index contributed by atoms with van der Waals surface area (Å²) in [5, 5.41) is 9.15. The number of benzene rings is 1. The Kier molecular flexibility index (Phi) is 9.42. The molecule has 0 radical (unpaired) electrons. The molecule has 0 spiro atoms. The predicted molar refractivity (Wildman–Crippen MR) is 120 cm³/mol. The smallest absolute Gasteiger partial charge is 0.437 e. The number of anilines is 1. The van der Waals surface area contributed by atoms with Gasteiger partial charge in [0.1, 0.15) is 11.2 Å². The first-order valence-corrected chi connectivity index (χ1v) is 10.2. The van der Waals surface area contributed by atoms with Gasteiger partial charge in [0.2, 0.25) is 5.96 Å². The van der Waals surface area contributed by atoms with E-state index in [4.69, 9.17) is 21.1 Å². The fourth-order valence-electron chi connectivity index (χ4n) is 2.22. The highest BCUT2D eigenvalue weighted by molar-refractivity contribution is 6.33. The normalized spacial score (nSPS) is 12.2. The maximum absolute atomic E-state index is 12.0. The molecule has 0 atom stereocenters. The molecular formula is C21H33ClN4O4. The van der Waals surface area contributed by atoms with Crippen LogP contribution in [0.5, 0.6) is 0 Å². The van der Waals surface area contributed by atoms with Crippen LogP contribution in [0.2, 0.25) is 5.02 Å². The van der Waals surface area contributed by atoms with Crippen molar-refractivity contribution in [3.8, 4) is 0 Å². The highest BCUT2D eigenvalue weighted by Gasteiger charge is 2.17. The van der Waals surface area contributed by atoms with E-state index in [1.165, 1.54) is 0 Å². The van der Waals surface area contributed by atoms with Gasteiger partial charge in [-0.3, -0.25) is 0 Å². The Morgan fingerprint density at radius 2 is 1.67 bits per heavy atom. The number of carbonyl (C=O) groups excluding carboxylic acids is 2. The number of aliphatic imine (C=N–C) groups is 1. The Bertz CT molecular complexity index is 767. The first-order valence-electron chi connectivity index (χ1n) is 9.87. The van der Waals surface area contributed by atoms with Crippen LogP contribution in [0.3, 0.4) is 0 Å². The molecule has 9 heteroatoms. The van der Waals surface area contributed by atoms with Crippen molar-refractivity contribution in [3.05, 3.63) is 28.8 Å². The first-order chi connectivity index (χ1) is 13.8. The summed E-state index contributed by atoms with van der Waals surface area (Å²) >= 11 is 6.37. The Morgan fingerprint density at radius 1 is 1.03 bits per heavy atom. The van der Waals surface area contributed by atoms with Crippen LogP contribution < -0.4 is 16.0 Å². The van der Waals surface area contributed by atoms with Crippen molar-refractivity contribution in [2.75, 3.05) is 18.4 Å². The summed E-state index contributed by atoms with van der Waals surface area (Å²) in [6.07, 6.45) is -0.571. The van der Waals surface area contributed by atoms with Crippen molar-refractivity contribution in [3.63, 3.8) is 0 Å². The van der Waals surface area contributed by atoms with Gasteiger partial charge in [-0.05, 0) is 72.6 Å². The summed E-state index contributed by atoms with van der Waals surface area (Å²) < 4.78 is 10.4. The van der Waals surface area contributed by atoms with Crippen LogP contribution in [0, 0.1) is 0 Å². The van der Waals surface area contributed by atoms with E-state index in [1.807, 2.05) is 33.8 Å². The van der Waals surface area contributed by atoms with Crippen LogP contribution in [0.15, 0.2) is 23.2 Å². The number of amides is 2. The standard InChI is InChI=1S/C21H33ClN4O4/c1-8-23-17(26-19(28)30-21(5,6)7)25-16-10-9-14(13-15(16)22)11-12-24-18(27)29-20(2,3)4/h9-10,13H,8,11-12H2,1-7H3,(H,24,27)(H2,23,25,26,28). The van der Waals surface area contributed by atoms with Crippen molar-refractivity contribution >= 4 is 35.4 Å². The Balaban J connectivity index is 2.73. The molecule has 0 aliphatic rings. The Labute approximate surface area is 183 Å². The summed E-state index contributed by atoms with van der Waals surface area (Å²) in [5.41, 5.74) is 0.357. The SMILES string of the molecule is CCNC(=NC(=O)OC(C)(C)C)Nc1ccc(CCNC(=O)OC(C)(C)C)cc1Cl. The average Bonchev–Trinajstić information content (AvgIpc) is 2.54. The third-order valence-corrected chi connectivity index (χ3v) is 3.62. The minimum atomic E-state index is -0.702. The van der Waals surface area contributed by atoms with Crippen LogP contribution in [-0.4, -0.2) is 42.4 Å². The zero-order chi connectivity index (χ0) is 22.9. The van der Waals surface area contributed by atoms with Gasteiger partial charge in [-0.2, -0.15) is 0 Å². The minimum absolute atomic E-state index is 0.244. The number of nitrogens with zero attached hydrogens (tertiary/aromatic N) is 1. The van der Waals surface area contributed by atoms with E-state index in [2.05, 4.69) is 20.9 Å². The van der Waals surface area contributed by atoms with E-state index < -0.39 is 23.4 Å². The molecular weight excluding hydrogens is 408 g/mol. The zero-order valence-corrected chi connectivity index (χ0v) is 19.6. The average molecular weight is 441 g/mol. The second-order valence-electron chi connectivity index (χ2n) is 8.59. The fourth-order valence-corrected chi connectivity index (χ4v) is 2.47. The predicted octanol–water partition coefficient (Wildman–Crippen LogP) is 4.72. The lowest BCUT2D eigenvalue weighted by Gasteiger charge is -2.19. The van der Waals surface area contributed by atoms with Crippen LogP contribution in [-0.2, 0) is 15.9 Å². The molecule has 0 aromatic heterocycles. The molecule has 8 nitrogen and oxygen atoms in total. The van der Waals surface area contributed by atoms with Gasteiger partial charge in [0.25, 0.3) is 0 Å². The molecule has 30 heavy (non-hydrogen) atoms. The molecule has 0 saturated heterocycles. The third-order valence-electron chi connectivity index (χ3n) is 3.31. The van der Waals surface area contributed by atoms with Gasteiger partial charge in [0.15, 0.2) is 0 Å². The van der Waals surface area contributed by atoms with Gasteiger partial charge >= 0.3 is 12.2 Å². The number of guanidine groups is 1. The summed E-state index contributed by atoms with van der Waals surface area (Å²) in [6, 6.07) is 5.45. The second-order valence-corrected chi connectivity index (χ2v) is 9.00. The van der Waals surface area contributed by atoms with E-state index in [1.54, 1.807) is 32.9 Å². The number of alkyl carbamates (subject to hydrolysis) is 1. The lowest BCUT2D eigenvalue weighted by Crippen LogP contribution is -2.33. The molecule has 3 N–H and O–H groups in total. The molecule has 0 saturated carbocycles. The van der Waals surface area contributed by atoms with Gasteiger partial charge in [0.05, 0.1) is 10.7 Å². The fraction of sp³-hybridized carbons (Fsp3) is 0.571. The summed E-state index contributed by atoms with van der Waals surface area (Å²) in [5.74, 6) is 0.244. The summed E-state index contributed by atoms with van der Waals surface area (Å²) in [7, 11) is 0. The molecule has 0 aliphatic carbocycles. The van der Waals surface area contributed by atoms with Gasteiger partial charge in [0, 0.05) is 13.1 Å². The topological polar surface area (TPSA) is 101 Å². The van der Waals surface area contributed by atoms with E-state index in [-0.39, 0.29) is 5.96 Å². The first kappa shape index (κ1) is 25.6. The second kappa shape index (κ2) is 11.1. The molecule has 2 amide bonds. The van der Waals surface area contributed by atoms with Crippen LogP contribution in [0.4, 0.5) is 15.3 Å². The van der Waals surface area contributed by atoms with Crippen molar-refractivity contribution in [2.45, 2.75) is 66.1 Å². The number of nitrogens with one attached hydrogen (secondary N) is 3. The number of halogens is 1. The van der Waals surface area contributed by atoms with Crippen LogP contribution >= 0.6 is 11.6 Å². The van der Waals surface area contributed by atoms with E-state index in [0.717, 1.165) is 5.56 Å². The minimum Gasteiger partial charge on any atom is -0.444 e. The van der Waals surface area contributed by atoms with E-state index in [9.17, 15) is 9.59 Å². The van der Waals surface area contributed by atoms with Crippen molar-refractivity contribution in [1.82, 2.24) is 10.6 Å². The molecule has 1 aromatic rings. The molecule has 1 rings (SSSR count). The van der Waals surface area contributed by atoms with Gasteiger partial charge < -0.3 is 25.4 Å². The van der Waals surface area contributed by atoms with Gasteiger partial charge in [-0.25, -0.2) is 9.59 Å². The maximum Gasteiger partial charge on any atom is 0.437 e. The molecule has 0 unspecified atom stereocenters. The van der Waals surface area contributed by atoms with E-state index in [0.29, 0.717) is 30.2 Å². The third kappa shape index (κ3) is 10.9. The number of rotatable bonds is 5. The summed E-state index contributed by atoms with van der Waals surface area (Å²) in [4.78, 5) is 27.6. The van der Waals surface area contributed by atoms with Gasteiger partial charge in [-0.15, -0.1) is 4.99 Å². The highest BCUT2D eigenvalue weighted by Crippen LogP contribution is 2.23. The van der Waals surface area contributed by atoms with Gasteiger partial charge in [-0.1, -0.05) is 17.7 Å². The van der Waals surface area contributed by atoms with Crippen LogP contribution in [0.25, 0.3) is 0 Å². The zero-order valence-electron chi connectivity index (χ0n) is 18.8. The molecule has 1 aromatic carbocycles. The van der Waals surface area contributed by atoms with Crippen LogP contribution in [0.1, 0.15) is 54.0 Å². The molecule has 0 bridgehead atoms. The highest BCUT2D eigenvalue weighted by atomic mass is 35.5. The van der Waals surface area contributed by atoms with E-state index >= 15 is 0 Å². The van der Waals surface area contributed by atoms with Crippen molar-refractivity contribution in [2.24, 2.45) is 4.99 Å². The summed E-state index contributed by atoms with van der Waals surface area (Å²) in [6.45, 7) is 13.6. The lowest BCUT2D eigenvalue weighted by atomic mass is 10.1. The quantitative estimate of drug-likeness (QED) is 0.452. The number of carbonyl (C=O) groups is 2. The molecule has 0 heterocycles. The Morgan fingerprint density at radius 3 is 2.20 bits per heavy atom. The molecule has 0 aliphatic heterocycles. The monoisotopic (exact) mass is 440 g/mol.